The van der Waals surface area contributed by atoms with Crippen molar-refractivity contribution in [3.63, 3.8) is 0 Å². The maximum Gasteiger partial charge on any atom is 0.416 e. The summed E-state index contributed by atoms with van der Waals surface area (Å²) in [5, 5.41) is 8.09. The van der Waals surface area contributed by atoms with Gasteiger partial charge in [-0.2, -0.15) is 18.2 Å². The summed E-state index contributed by atoms with van der Waals surface area (Å²) >= 11 is 3.20. The van der Waals surface area contributed by atoms with E-state index in [1.54, 1.807) is 22.7 Å². The third-order valence-corrected chi connectivity index (χ3v) is 9.28. The molecule has 0 saturated carbocycles. The van der Waals surface area contributed by atoms with Gasteiger partial charge in [-0.05, 0) is 48.6 Å². The molecule has 1 atom stereocenters. The minimum absolute atomic E-state index is 0.0577. The quantitative estimate of drug-likeness (QED) is 0.294. The van der Waals surface area contributed by atoms with Gasteiger partial charge in [-0.25, -0.2) is 28.1 Å². The third-order valence-electron chi connectivity index (χ3n) is 5.91. The minimum Gasteiger partial charge on any atom is -0.348 e. The molecule has 1 aliphatic heterocycles. The van der Waals surface area contributed by atoms with Gasteiger partial charge in [0.15, 0.2) is 0 Å². The summed E-state index contributed by atoms with van der Waals surface area (Å²) in [6.45, 7) is 1.12. The van der Waals surface area contributed by atoms with E-state index in [0.29, 0.717) is 31.4 Å². The molecule has 0 aliphatic carbocycles. The molecule has 0 unspecified atom stereocenters. The zero-order valence-corrected chi connectivity index (χ0v) is 22.2. The molecule has 1 aliphatic rings. The van der Waals surface area contributed by atoms with Gasteiger partial charge >= 0.3 is 6.18 Å². The lowest BCUT2D eigenvalue weighted by Gasteiger charge is -2.25. The van der Waals surface area contributed by atoms with Crippen LogP contribution >= 0.6 is 22.7 Å². The second-order valence-electron chi connectivity index (χ2n) is 8.45. The van der Waals surface area contributed by atoms with E-state index in [-0.39, 0.29) is 17.5 Å². The van der Waals surface area contributed by atoms with Gasteiger partial charge in [-0.1, -0.05) is 6.07 Å². The Hall–Kier alpha value is -3.14. The minimum atomic E-state index is -4.54. The predicted molar refractivity (Wildman–Crippen MR) is 140 cm³/mol. The Balaban J connectivity index is 1.20. The number of aromatic nitrogens is 4. The number of thiophene rings is 1. The summed E-state index contributed by atoms with van der Waals surface area (Å²) in [5.41, 5.74) is -0.0486. The van der Waals surface area contributed by atoms with Crippen LogP contribution < -0.4 is 14.9 Å². The van der Waals surface area contributed by atoms with Gasteiger partial charge < -0.3 is 10.2 Å². The van der Waals surface area contributed by atoms with Crippen LogP contribution in [-0.2, 0) is 22.7 Å². The van der Waals surface area contributed by atoms with Crippen LogP contribution in [0.1, 0.15) is 24.1 Å². The average molecular weight is 582 g/mol. The lowest BCUT2D eigenvalue weighted by Crippen LogP contribution is -2.41. The maximum atomic E-state index is 12.8. The molecule has 1 saturated heterocycles. The van der Waals surface area contributed by atoms with Crippen molar-refractivity contribution in [3.05, 3.63) is 64.7 Å². The van der Waals surface area contributed by atoms with E-state index in [9.17, 15) is 21.6 Å². The molecule has 38 heavy (non-hydrogen) atoms. The fourth-order valence-corrected chi connectivity index (χ4v) is 6.71. The highest BCUT2D eigenvalue weighted by Crippen LogP contribution is 2.30. The zero-order chi connectivity index (χ0) is 26.8. The van der Waals surface area contributed by atoms with Gasteiger partial charge in [-0.15, -0.1) is 22.7 Å². The van der Waals surface area contributed by atoms with Crippen molar-refractivity contribution in [2.45, 2.75) is 36.5 Å². The smallest absolute Gasteiger partial charge is 0.348 e. The highest BCUT2D eigenvalue weighted by atomic mass is 32.2. The number of thiazole rings is 1. The Morgan fingerprint density at radius 1 is 1.08 bits per heavy atom. The number of alkyl halides is 3. The summed E-state index contributed by atoms with van der Waals surface area (Å²) < 4.78 is 66.2. The fourth-order valence-electron chi connectivity index (χ4n) is 4.01. The van der Waals surface area contributed by atoms with Crippen molar-refractivity contribution >= 4 is 44.6 Å². The van der Waals surface area contributed by atoms with Gasteiger partial charge in [0, 0.05) is 24.5 Å². The highest BCUT2D eigenvalue weighted by Gasteiger charge is 2.31. The van der Waals surface area contributed by atoms with E-state index in [1.807, 2.05) is 27.8 Å². The van der Waals surface area contributed by atoms with Crippen LogP contribution in [0.4, 0.5) is 25.1 Å². The molecular formula is C23H22F3N7O2S3. The zero-order valence-electron chi connectivity index (χ0n) is 19.7. The van der Waals surface area contributed by atoms with Crippen LogP contribution in [0, 0.1) is 0 Å². The highest BCUT2D eigenvalue weighted by molar-refractivity contribution is 7.89. The molecule has 0 spiro atoms. The Morgan fingerprint density at radius 3 is 2.63 bits per heavy atom. The molecule has 15 heteroatoms. The lowest BCUT2D eigenvalue weighted by molar-refractivity contribution is -0.137. The second-order valence-corrected chi connectivity index (χ2v) is 12.0. The molecule has 3 aromatic heterocycles. The van der Waals surface area contributed by atoms with Crippen LogP contribution in [-0.4, -0.2) is 47.5 Å². The topological polar surface area (TPSA) is 113 Å². The fraction of sp³-hybridized carbons (Fsp3) is 0.304. The van der Waals surface area contributed by atoms with Crippen LogP contribution in [0.25, 0.3) is 9.88 Å². The Morgan fingerprint density at radius 2 is 1.89 bits per heavy atom. The maximum absolute atomic E-state index is 12.8. The number of anilines is 2. The molecule has 5 rings (SSSR count). The van der Waals surface area contributed by atoms with E-state index in [2.05, 4.69) is 30.0 Å². The lowest BCUT2D eigenvalue weighted by atomic mass is 10.2. The van der Waals surface area contributed by atoms with Crippen LogP contribution in [0.15, 0.2) is 58.4 Å². The standard InChI is InChI=1S/C23H22F3N7O2S3/c24-23(25,26)15-5-7-18(8-6-15)38(34,35)30-12-17-3-1-9-33(17)22-29-14-28-21(32-22)27-11-16-13-37-20(31-16)19-4-2-10-36-19/h2,4-8,10,13-14,17,30H,1,3,9,11-12H2,(H,27,28,29,32)/t17-/m1/s1. The number of nitrogens with one attached hydrogen (secondary N) is 2. The van der Waals surface area contributed by atoms with E-state index in [4.69, 9.17) is 0 Å². The molecule has 1 aromatic carbocycles. The van der Waals surface area contributed by atoms with Crippen molar-refractivity contribution < 1.29 is 21.6 Å². The van der Waals surface area contributed by atoms with E-state index >= 15 is 0 Å². The van der Waals surface area contributed by atoms with E-state index in [0.717, 1.165) is 46.3 Å². The number of hydrogen-bond donors (Lipinski definition) is 2. The number of halogens is 3. The van der Waals surface area contributed by atoms with Crippen molar-refractivity contribution in [3.8, 4) is 9.88 Å². The first-order valence-electron chi connectivity index (χ1n) is 11.5. The van der Waals surface area contributed by atoms with Crippen LogP contribution in [0.3, 0.4) is 0 Å². The summed E-state index contributed by atoms with van der Waals surface area (Å²) in [6, 6.07) is 7.20. The SMILES string of the molecule is O=S(=O)(NC[C@H]1CCCN1c1ncnc(NCc2csc(-c3cccs3)n2)n1)c1ccc(C(F)(F)F)cc1. The third kappa shape index (κ3) is 6.11. The van der Waals surface area contributed by atoms with Crippen molar-refractivity contribution in [2.24, 2.45) is 0 Å². The van der Waals surface area contributed by atoms with Gasteiger partial charge in [-0.3, -0.25) is 0 Å². The summed E-state index contributed by atoms with van der Waals surface area (Å²) in [4.78, 5) is 20.4. The molecule has 0 radical (unpaired) electrons. The molecule has 0 amide bonds. The van der Waals surface area contributed by atoms with Gasteiger partial charge in [0.25, 0.3) is 0 Å². The summed E-state index contributed by atoms with van der Waals surface area (Å²) in [5.74, 6) is 0.785. The number of nitrogens with zero attached hydrogens (tertiary/aromatic N) is 5. The van der Waals surface area contributed by atoms with Crippen LogP contribution in [0.5, 0.6) is 0 Å². The average Bonchev–Trinajstić information content (AvgIpc) is 3.68. The van der Waals surface area contributed by atoms with Gasteiger partial charge in [0.05, 0.1) is 27.6 Å². The van der Waals surface area contributed by atoms with Gasteiger partial charge in [0.1, 0.15) is 11.3 Å². The monoisotopic (exact) mass is 581 g/mol. The molecule has 200 valence electrons. The number of rotatable bonds is 9. The second kappa shape index (κ2) is 10.9. The van der Waals surface area contributed by atoms with Crippen molar-refractivity contribution in [2.75, 3.05) is 23.3 Å². The van der Waals surface area contributed by atoms with Crippen LogP contribution in [0.2, 0.25) is 0 Å². The molecule has 2 N–H and O–H groups in total. The van der Waals surface area contributed by atoms with Crippen molar-refractivity contribution in [1.82, 2.24) is 24.7 Å². The molecule has 4 heterocycles. The molecule has 1 fully saturated rings. The normalized spacial score (nSPS) is 16.2. The van der Waals surface area contributed by atoms with E-state index in [1.165, 1.54) is 6.33 Å². The summed E-state index contributed by atoms with van der Waals surface area (Å²) in [6.07, 6.45) is -1.63. The summed E-state index contributed by atoms with van der Waals surface area (Å²) in [7, 11) is -3.99. The number of benzene rings is 1. The predicted octanol–water partition coefficient (Wildman–Crippen LogP) is 4.63. The Kier molecular flexibility index (Phi) is 7.61. The largest absolute Gasteiger partial charge is 0.416 e. The van der Waals surface area contributed by atoms with Crippen molar-refractivity contribution in [1.29, 1.82) is 0 Å². The molecule has 9 nitrogen and oxygen atoms in total. The molecule has 0 bridgehead atoms. The molecular weight excluding hydrogens is 559 g/mol. The number of sulfonamides is 1. The first-order valence-corrected chi connectivity index (χ1v) is 14.8. The van der Waals surface area contributed by atoms with E-state index < -0.39 is 21.8 Å². The molecule has 4 aromatic rings. The Bertz CT molecular complexity index is 1480. The first kappa shape index (κ1) is 26.5. The number of hydrogen-bond acceptors (Lipinski definition) is 10. The Labute approximate surface area is 224 Å². The van der Waals surface area contributed by atoms with Gasteiger partial charge in [0.2, 0.25) is 21.9 Å². The first-order chi connectivity index (χ1) is 18.2.